The molecule has 368 valence electrons. The van der Waals surface area contributed by atoms with E-state index in [9.17, 15) is 78.8 Å². The molecule has 0 bridgehead atoms. The second-order valence-corrected chi connectivity index (χ2v) is 18.0. The summed E-state index contributed by atoms with van der Waals surface area (Å²) >= 11 is 0. The molecule has 6 rings (SSSR count). The molecule has 0 aliphatic rings. The second-order valence-electron chi connectivity index (χ2n) is 13.9. The van der Waals surface area contributed by atoms with Crippen molar-refractivity contribution in [3.8, 4) is 28.7 Å². The fourth-order valence-electron chi connectivity index (χ4n) is 6.27. The number of nitrogens with zero attached hydrogens (tertiary/aromatic N) is 7. The Hall–Kier alpha value is -8.04. The number of carboxylic acid groups (broad SMARTS) is 2. The molecule has 0 atom stereocenters. The number of H-pyrrole nitrogens is 1. The maximum Gasteiger partial charge on any atom is 0.335 e. The Bertz CT molecular complexity index is 3560. The number of methoxy groups -OCH3 is 1. The largest absolute Gasteiger partial charge is 0.505 e. The molecular weight excluding hydrogens is 997 g/mol. The van der Waals surface area contributed by atoms with Crippen LogP contribution in [0.15, 0.2) is 123 Å². The number of phenols is 1. The summed E-state index contributed by atoms with van der Waals surface area (Å²) in [6, 6.07) is 12.4. The first-order chi connectivity index (χ1) is 33.0. The predicted octanol–water partition coefficient (Wildman–Crippen LogP) is 5.09. The van der Waals surface area contributed by atoms with E-state index in [0.29, 0.717) is 6.07 Å². The molecule has 0 aliphatic heterocycles. The van der Waals surface area contributed by atoms with Crippen molar-refractivity contribution in [3.05, 3.63) is 94.4 Å². The van der Waals surface area contributed by atoms with Gasteiger partial charge in [-0.3, -0.25) is 28.3 Å². The van der Waals surface area contributed by atoms with Gasteiger partial charge in [0.25, 0.3) is 35.9 Å². The van der Waals surface area contributed by atoms with Crippen molar-refractivity contribution in [1.82, 2.24) is 9.78 Å². The normalized spacial score (nSPS) is 12.4. The molecule has 1 aromatic heterocycles. The van der Waals surface area contributed by atoms with E-state index in [2.05, 4.69) is 35.8 Å². The SMILES string of the molecule is COc1ccc(N=Nc2cc(OCCO)c(N=Nc3c(S(=O)(=O)O)cc4c(S(=O)(=O)O)c(N=Nc5c(CC(=O)O)[nH]n(-c6ccc(C(=O)O)cc6)c5=O)ccc4c3O)cc2OCCO)c(S(=O)(=O)O)c1. The minimum atomic E-state index is -5.53. The summed E-state index contributed by atoms with van der Waals surface area (Å²) < 4.78 is 123. The number of aliphatic hydroxyl groups is 2. The van der Waals surface area contributed by atoms with Crippen LogP contribution in [0.3, 0.4) is 0 Å². The van der Waals surface area contributed by atoms with Crippen molar-refractivity contribution in [2.24, 2.45) is 30.7 Å². The summed E-state index contributed by atoms with van der Waals surface area (Å²) in [6.45, 7) is -1.99. The molecule has 1 heterocycles. The van der Waals surface area contributed by atoms with Crippen LogP contribution in [0, 0.1) is 0 Å². The maximum atomic E-state index is 13.5. The van der Waals surface area contributed by atoms with E-state index in [1.165, 1.54) is 25.3 Å². The number of aromatic nitrogens is 2. The quantitative estimate of drug-likeness (QED) is 0.0355. The summed E-state index contributed by atoms with van der Waals surface area (Å²) in [5.74, 6) is -4.48. The minimum Gasteiger partial charge on any atom is -0.505 e. The highest BCUT2D eigenvalue weighted by molar-refractivity contribution is 7.86. The average molecular weight is 1030 g/mol. The number of rotatable bonds is 20. The number of aliphatic carboxylic acids is 1. The first-order valence-electron chi connectivity index (χ1n) is 19.2. The molecule has 28 nitrogen and oxygen atoms in total. The molecule has 0 spiro atoms. The van der Waals surface area contributed by atoms with Gasteiger partial charge in [0.2, 0.25) is 0 Å². The summed E-state index contributed by atoms with van der Waals surface area (Å²) in [6.07, 6.45) is -0.873. The molecule has 0 aliphatic carbocycles. The molecule has 0 fully saturated rings. The van der Waals surface area contributed by atoms with Gasteiger partial charge in [0.1, 0.15) is 73.6 Å². The monoisotopic (exact) mass is 1030 g/mol. The molecule has 0 saturated carbocycles. The van der Waals surface area contributed by atoms with Gasteiger partial charge in [-0.2, -0.15) is 25.3 Å². The Labute approximate surface area is 392 Å². The third-order valence-corrected chi connectivity index (χ3v) is 12.0. The van der Waals surface area contributed by atoms with Crippen LogP contribution in [0.5, 0.6) is 23.0 Å². The van der Waals surface area contributed by atoms with Gasteiger partial charge < -0.3 is 39.7 Å². The summed E-state index contributed by atoms with van der Waals surface area (Å²) in [5.41, 5.74) is -5.14. The van der Waals surface area contributed by atoms with Crippen LogP contribution in [-0.4, -0.2) is 120 Å². The lowest BCUT2D eigenvalue weighted by atomic mass is 10.1. The van der Waals surface area contributed by atoms with Gasteiger partial charge >= 0.3 is 11.9 Å². The number of azo groups is 3. The fraction of sp³-hybridized carbons (Fsp3) is 0.154. The minimum absolute atomic E-state index is 0.0151. The van der Waals surface area contributed by atoms with Crippen molar-refractivity contribution in [1.29, 1.82) is 0 Å². The van der Waals surface area contributed by atoms with Gasteiger partial charge in [-0.1, -0.05) is 0 Å². The first-order valence-corrected chi connectivity index (χ1v) is 23.5. The van der Waals surface area contributed by atoms with E-state index in [0.717, 1.165) is 53.2 Å². The summed E-state index contributed by atoms with van der Waals surface area (Å²) in [5, 5.41) is 73.4. The van der Waals surface area contributed by atoms with Crippen molar-refractivity contribution in [2.75, 3.05) is 33.5 Å². The van der Waals surface area contributed by atoms with Crippen LogP contribution in [-0.2, 0) is 41.6 Å². The van der Waals surface area contributed by atoms with Crippen LogP contribution < -0.4 is 19.8 Å². The molecule has 0 radical (unpaired) electrons. The zero-order valence-corrected chi connectivity index (χ0v) is 37.7. The zero-order chi connectivity index (χ0) is 51.3. The lowest BCUT2D eigenvalue weighted by molar-refractivity contribution is -0.136. The van der Waals surface area contributed by atoms with E-state index in [-0.39, 0.29) is 51.3 Å². The van der Waals surface area contributed by atoms with E-state index in [1.54, 1.807) is 0 Å². The summed E-state index contributed by atoms with van der Waals surface area (Å²) in [4.78, 5) is 33.2. The van der Waals surface area contributed by atoms with Crippen molar-refractivity contribution < 1.29 is 88.2 Å². The number of benzene rings is 5. The van der Waals surface area contributed by atoms with Crippen molar-refractivity contribution in [2.45, 2.75) is 21.1 Å². The van der Waals surface area contributed by atoms with Crippen LogP contribution in [0.1, 0.15) is 16.1 Å². The predicted molar refractivity (Wildman–Crippen MR) is 237 cm³/mol. The van der Waals surface area contributed by atoms with E-state index >= 15 is 0 Å². The highest BCUT2D eigenvalue weighted by atomic mass is 32.2. The van der Waals surface area contributed by atoms with Crippen LogP contribution in [0.2, 0.25) is 0 Å². The number of nitrogens with one attached hydrogen (secondary N) is 1. The molecular formula is C39H34N8O20S3. The van der Waals surface area contributed by atoms with Crippen LogP contribution >= 0.6 is 0 Å². The number of hydrogen-bond donors (Lipinski definition) is 9. The van der Waals surface area contributed by atoms with E-state index in [1.807, 2.05) is 0 Å². The van der Waals surface area contributed by atoms with Gasteiger partial charge in [0, 0.05) is 29.0 Å². The number of carboxylic acids is 2. The first kappa shape index (κ1) is 51.4. The molecule has 31 heteroatoms. The number of fused-ring (bicyclic) bond motifs is 1. The Morgan fingerprint density at radius 2 is 1.19 bits per heavy atom. The van der Waals surface area contributed by atoms with Gasteiger partial charge in [-0.05, 0) is 54.6 Å². The number of aromatic amines is 1. The Kier molecular flexibility index (Phi) is 15.2. The number of ether oxygens (including phenoxy) is 3. The van der Waals surface area contributed by atoms with E-state index in [4.69, 9.17) is 14.2 Å². The third-order valence-electron chi connectivity index (χ3n) is 9.30. The molecule has 6 aromatic rings. The highest BCUT2D eigenvalue weighted by Gasteiger charge is 2.29. The van der Waals surface area contributed by atoms with Gasteiger partial charge in [0.15, 0.2) is 11.4 Å². The molecule has 5 aromatic carbocycles. The molecule has 0 unspecified atom stereocenters. The fourth-order valence-corrected chi connectivity index (χ4v) is 8.38. The van der Waals surface area contributed by atoms with Gasteiger partial charge in [-0.25, -0.2) is 9.48 Å². The zero-order valence-electron chi connectivity index (χ0n) is 35.3. The Morgan fingerprint density at radius 3 is 1.71 bits per heavy atom. The van der Waals surface area contributed by atoms with Gasteiger partial charge in [0.05, 0.1) is 43.7 Å². The molecule has 9 N–H and O–H groups in total. The topological polar surface area (TPSA) is 438 Å². The lowest BCUT2D eigenvalue weighted by Gasteiger charge is -2.14. The Balaban J connectivity index is 1.49. The number of aromatic carboxylic acids is 1. The molecule has 0 amide bonds. The lowest BCUT2D eigenvalue weighted by Crippen LogP contribution is -2.14. The second kappa shape index (κ2) is 20.7. The number of hydrogen-bond acceptors (Lipinski definition) is 21. The smallest absolute Gasteiger partial charge is 0.335 e. The third kappa shape index (κ3) is 11.4. The standard InChI is InChI=1S/C39H34N8O20S3/c1-65-21-6-8-24(31(14-21)68(56,57)58)40-42-26-16-30(67-13-11-49)27(17-29(26)66-12-10-48)43-45-35-32(69(59,60)61)15-23-22(36(35)52)7-9-25(37(23)70(62,63)64)41-44-34-28(18-33(50)51)46-47(38(34)53)20-4-2-19(3-5-20)39(54)55/h2-9,14-17,46,48-49,52H,10-13,18H2,1H3,(H,50,51)(H,54,55)(H,56,57,58)(H,59,60,61)(H,62,63,64). The van der Waals surface area contributed by atoms with Crippen molar-refractivity contribution in [3.63, 3.8) is 0 Å². The number of phenolic OH excluding ortho intramolecular Hbond substituents is 1. The average Bonchev–Trinajstić information content (AvgIpc) is 3.60. The molecule has 70 heavy (non-hydrogen) atoms. The Morgan fingerprint density at radius 1 is 0.643 bits per heavy atom. The number of aromatic hydroxyl groups is 1. The van der Waals surface area contributed by atoms with Crippen molar-refractivity contribution >= 4 is 87.2 Å². The molecule has 0 saturated heterocycles. The maximum absolute atomic E-state index is 13.5. The van der Waals surface area contributed by atoms with Crippen LogP contribution in [0.25, 0.3) is 16.5 Å². The highest BCUT2D eigenvalue weighted by Crippen LogP contribution is 2.47. The van der Waals surface area contributed by atoms with Crippen LogP contribution in [0.4, 0.5) is 34.1 Å². The number of carbonyl (C=O) groups is 2. The van der Waals surface area contributed by atoms with E-state index < -0.39 is 129 Å². The number of aliphatic hydroxyl groups excluding tert-OH is 2. The summed E-state index contributed by atoms with van der Waals surface area (Å²) in [7, 11) is -14.7. The van der Waals surface area contributed by atoms with Gasteiger partial charge in [-0.15, -0.1) is 30.7 Å².